The fraction of sp³-hybridized carbons (Fsp3) is 0.562. The van der Waals surface area contributed by atoms with Crippen molar-refractivity contribution in [3.63, 3.8) is 0 Å². The van der Waals surface area contributed by atoms with Crippen LogP contribution in [-0.4, -0.2) is 54.8 Å². The Hall–Kier alpha value is -2.51. The second kappa shape index (κ2) is 6.94. The third-order valence-corrected chi connectivity index (χ3v) is 3.65. The molecule has 0 atom stereocenters. The summed E-state index contributed by atoms with van der Waals surface area (Å²) in [6.07, 6.45) is -0.355. The zero-order valence-corrected chi connectivity index (χ0v) is 14.4. The Balaban J connectivity index is 2.07. The van der Waals surface area contributed by atoms with Gasteiger partial charge in [0.1, 0.15) is 17.0 Å². The summed E-state index contributed by atoms with van der Waals surface area (Å²) in [5.74, 6) is 0.442. The molecule has 0 radical (unpaired) electrons. The summed E-state index contributed by atoms with van der Waals surface area (Å²) in [7, 11) is 1.47. The van der Waals surface area contributed by atoms with Gasteiger partial charge in [0.25, 0.3) is 5.69 Å². The maximum atomic E-state index is 12.1. The molecular weight excluding hydrogens is 314 g/mol. The van der Waals surface area contributed by atoms with Crippen LogP contribution in [0.3, 0.4) is 0 Å². The van der Waals surface area contributed by atoms with Crippen molar-refractivity contribution in [2.24, 2.45) is 0 Å². The van der Waals surface area contributed by atoms with E-state index in [0.29, 0.717) is 37.6 Å². The minimum Gasteiger partial charge on any atom is -0.496 e. The number of amides is 1. The minimum absolute atomic E-state index is 0.0000630. The number of ether oxygens (including phenoxy) is 2. The van der Waals surface area contributed by atoms with Gasteiger partial charge in [-0.05, 0) is 32.9 Å². The van der Waals surface area contributed by atoms with E-state index in [1.54, 1.807) is 17.0 Å². The number of benzene rings is 1. The lowest BCUT2D eigenvalue weighted by Gasteiger charge is -2.36. The molecule has 1 heterocycles. The summed E-state index contributed by atoms with van der Waals surface area (Å²) in [6.45, 7) is 7.39. The molecule has 1 saturated heterocycles. The Morgan fingerprint density at radius 1 is 1.21 bits per heavy atom. The number of nitrogens with zero attached hydrogens (tertiary/aromatic N) is 3. The van der Waals surface area contributed by atoms with Gasteiger partial charge in [0.2, 0.25) is 0 Å². The van der Waals surface area contributed by atoms with Gasteiger partial charge in [0.05, 0.1) is 18.1 Å². The van der Waals surface area contributed by atoms with Gasteiger partial charge in [0, 0.05) is 26.2 Å². The quantitative estimate of drug-likeness (QED) is 0.623. The van der Waals surface area contributed by atoms with Crippen LogP contribution in [0.2, 0.25) is 0 Å². The number of nitro groups is 1. The van der Waals surface area contributed by atoms with Crippen molar-refractivity contribution in [3.8, 4) is 5.75 Å². The van der Waals surface area contributed by atoms with E-state index in [1.165, 1.54) is 13.2 Å². The van der Waals surface area contributed by atoms with E-state index in [9.17, 15) is 14.9 Å². The molecule has 0 unspecified atom stereocenters. The van der Waals surface area contributed by atoms with Gasteiger partial charge in [-0.25, -0.2) is 4.79 Å². The molecule has 8 nitrogen and oxygen atoms in total. The summed E-state index contributed by atoms with van der Waals surface area (Å²) >= 11 is 0. The third kappa shape index (κ3) is 4.27. The first-order valence-corrected chi connectivity index (χ1v) is 7.76. The van der Waals surface area contributed by atoms with Crippen LogP contribution in [0.5, 0.6) is 5.75 Å². The number of carbonyl (C=O) groups is 1. The first kappa shape index (κ1) is 17.8. The average Bonchev–Trinajstić information content (AvgIpc) is 2.52. The topological polar surface area (TPSA) is 85.2 Å². The molecule has 1 aromatic carbocycles. The fourth-order valence-electron chi connectivity index (χ4n) is 2.50. The molecule has 132 valence electrons. The number of hydrogen-bond donors (Lipinski definition) is 0. The van der Waals surface area contributed by atoms with Gasteiger partial charge in [0.15, 0.2) is 0 Å². The highest BCUT2D eigenvalue weighted by Gasteiger charge is 2.28. The van der Waals surface area contributed by atoms with Crippen LogP contribution in [0.15, 0.2) is 18.2 Å². The molecule has 1 fully saturated rings. The van der Waals surface area contributed by atoms with E-state index >= 15 is 0 Å². The van der Waals surface area contributed by atoms with Crippen LogP contribution in [0.4, 0.5) is 16.2 Å². The second-order valence-electron chi connectivity index (χ2n) is 6.57. The van der Waals surface area contributed by atoms with Gasteiger partial charge >= 0.3 is 6.09 Å². The maximum absolute atomic E-state index is 12.1. The first-order chi connectivity index (χ1) is 11.2. The van der Waals surface area contributed by atoms with E-state index in [-0.39, 0.29) is 11.8 Å². The Labute approximate surface area is 141 Å². The summed E-state index contributed by atoms with van der Waals surface area (Å²) in [5.41, 5.74) is -0.00657. The highest BCUT2D eigenvalue weighted by Crippen LogP contribution is 2.32. The van der Waals surface area contributed by atoms with Crippen molar-refractivity contribution < 1.29 is 19.2 Å². The number of piperazine rings is 1. The molecule has 24 heavy (non-hydrogen) atoms. The van der Waals surface area contributed by atoms with Crippen LogP contribution in [0.1, 0.15) is 20.8 Å². The van der Waals surface area contributed by atoms with Gasteiger partial charge in [-0.2, -0.15) is 0 Å². The van der Waals surface area contributed by atoms with Crippen LogP contribution < -0.4 is 9.64 Å². The van der Waals surface area contributed by atoms with Gasteiger partial charge in [-0.1, -0.05) is 0 Å². The van der Waals surface area contributed by atoms with Crippen molar-refractivity contribution in [1.29, 1.82) is 0 Å². The van der Waals surface area contributed by atoms with E-state index in [2.05, 4.69) is 0 Å². The van der Waals surface area contributed by atoms with Crippen molar-refractivity contribution in [2.75, 3.05) is 38.2 Å². The SMILES string of the molecule is COc1ccc(N2CCN(C(=O)OC(C)(C)C)CC2)c([N+](=O)[O-])c1. The first-order valence-electron chi connectivity index (χ1n) is 7.76. The van der Waals surface area contributed by atoms with Gasteiger partial charge < -0.3 is 19.3 Å². The maximum Gasteiger partial charge on any atom is 0.410 e. The normalized spacial score (nSPS) is 15.2. The lowest BCUT2D eigenvalue weighted by Crippen LogP contribution is -2.50. The molecule has 0 saturated carbocycles. The minimum atomic E-state index is -0.539. The fourth-order valence-corrected chi connectivity index (χ4v) is 2.50. The molecule has 0 aromatic heterocycles. The number of nitro benzene ring substituents is 1. The molecule has 1 aromatic rings. The summed E-state index contributed by atoms with van der Waals surface area (Å²) < 4.78 is 10.4. The van der Waals surface area contributed by atoms with Crippen molar-refractivity contribution in [1.82, 2.24) is 4.90 Å². The molecule has 1 amide bonds. The van der Waals surface area contributed by atoms with E-state index in [4.69, 9.17) is 9.47 Å². The number of rotatable bonds is 3. The van der Waals surface area contributed by atoms with Crippen molar-refractivity contribution >= 4 is 17.5 Å². The highest BCUT2D eigenvalue weighted by atomic mass is 16.6. The van der Waals surface area contributed by atoms with Gasteiger partial charge in [-0.3, -0.25) is 10.1 Å². The second-order valence-corrected chi connectivity index (χ2v) is 6.57. The van der Waals surface area contributed by atoms with Crippen LogP contribution in [0, 0.1) is 10.1 Å². The predicted octanol–water partition coefficient (Wildman–Crippen LogP) is 2.66. The van der Waals surface area contributed by atoms with Gasteiger partial charge in [-0.15, -0.1) is 0 Å². The van der Waals surface area contributed by atoms with E-state index in [1.807, 2.05) is 25.7 Å². The van der Waals surface area contributed by atoms with Crippen LogP contribution >= 0.6 is 0 Å². The molecule has 0 spiro atoms. The number of carbonyl (C=O) groups excluding carboxylic acids is 1. The molecule has 1 aliphatic rings. The Morgan fingerprint density at radius 3 is 2.33 bits per heavy atom. The zero-order valence-electron chi connectivity index (χ0n) is 14.4. The number of hydrogen-bond acceptors (Lipinski definition) is 6. The monoisotopic (exact) mass is 337 g/mol. The Kier molecular flexibility index (Phi) is 5.16. The molecule has 0 aliphatic carbocycles. The van der Waals surface area contributed by atoms with Crippen molar-refractivity contribution in [2.45, 2.75) is 26.4 Å². The van der Waals surface area contributed by atoms with E-state index < -0.39 is 10.5 Å². The predicted molar refractivity (Wildman–Crippen MR) is 89.7 cm³/mol. The smallest absolute Gasteiger partial charge is 0.410 e. The van der Waals surface area contributed by atoms with E-state index in [0.717, 1.165) is 0 Å². The standard InChI is InChI=1S/C16H23N3O5/c1-16(2,3)24-15(20)18-9-7-17(8-10-18)13-6-5-12(23-4)11-14(13)19(21)22/h5-6,11H,7-10H2,1-4H3. The third-order valence-electron chi connectivity index (χ3n) is 3.65. The molecule has 0 bridgehead atoms. The molecule has 0 N–H and O–H groups in total. The lowest BCUT2D eigenvalue weighted by atomic mass is 10.2. The Morgan fingerprint density at radius 2 is 1.83 bits per heavy atom. The summed E-state index contributed by atoms with van der Waals surface area (Å²) in [6, 6.07) is 4.79. The molecule has 1 aliphatic heterocycles. The zero-order chi connectivity index (χ0) is 17.9. The number of methoxy groups -OCH3 is 1. The van der Waals surface area contributed by atoms with Crippen LogP contribution in [-0.2, 0) is 4.74 Å². The van der Waals surface area contributed by atoms with Crippen molar-refractivity contribution in [3.05, 3.63) is 28.3 Å². The summed E-state index contributed by atoms with van der Waals surface area (Å²) in [5, 5.41) is 11.3. The molecule has 8 heteroatoms. The summed E-state index contributed by atoms with van der Waals surface area (Å²) in [4.78, 5) is 26.5. The highest BCUT2D eigenvalue weighted by molar-refractivity contribution is 5.70. The number of anilines is 1. The average molecular weight is 337 g/mol. The largest absolute Gasteiger partial charge is 0.496 e. The molecule has 2 rings (SSSR count). The Bertz CT molecular complexity index is 619. The lowest BCUT2D eigenvalue weighted by molar-refractivity contribution is -0.384. The van der Waals surface area contributed by atoms with Crippen LogP contribution in [0.25, 0.3) is 0 Å². The molecular formula is C16H23N3O5.